The number of carbonyl (C=O) groups excluding carboxylic acids is 2. The summed E-state index contributed by atoms with van der Waals surface area (Å²) in [7, 11) is 1.42. The second kappa shape index (κ2) is 4.09. The van der Waals surface area contributed by atoms with Crippen molar-refractivity contribution in [3.63, 3.8) is 0 Å². The standard InChI is InChI=1S/C11H7BrO4/c1-15-9(12)8-6-4-2-3-5-7(6)10(13)16-11(8)14/h2-5H,1H3/b9-8+. The van der Waals surface area contributed by atoms with Gasteiger partial charge in [-0.05, 0) is 22.0 Å². The molecule has 1 heterocycles. The molecule has 0 radical (unpaired) electrons. The van der Waals surface area contributed by atoms with Crippen LogP contribution in [-0.2, 0) is 14.3 Å². The fraction of sp³-hybridized carbons (Fsp3) is 0.0909. The van der Waals surface area contributed by atoms with E-state index in [1.165, 1.54) is 7.11 Å². The van der Waals surface area contributed by atoms with Gasteiger partial charge in [0.15, 0.2) is 4.67 Å². The third kappa shape index (κ3) is 1.63. The van der Waals surface area contributed by atoms with E-state index in [9.17, 15) is 9.59 Å². The number of rotatable bonds is 1. The summed E-state index contributed by atoms with van der Waals surface area (Å²) in [6.07, 6.45) is 0. The van der Waals surface area contributed by atoms with Gasteiger partial charge < -0.3 is 9.47 Å². The van der Waals surface area contributed by atoms with Gasteiger partial charge in [-0.2, -0.15) is 0 Å². The Kier molecular flexibility index (Phi) is 2.78. The van der Waals surface area contributed by atoms with Crippen LogP contribution < -0.4 is 0 Å². The van der Waals surface area contributed by atoms with Gasteiger partial charge >= 0.3 is 11.9 Å². The Bertz CT molecular complexity index is 504. The Morgan fingerprint density at radius 3 is 2.44 bits per heavy atom. The highest BCUT2D eigenvalue weighted by Gasteiger charge is 2.31. The Labute approximate surface area is 100.0 Å². The highest BCUT2D eigenvalue weighted by Crippen LogP contribution is 2.31. The Morgan fingerprint density at radius 2 is 1.81 bits per heavy atom. The number of benzene rings is 1. The van der Waals surface area contributed by atoms with Crippen LogP contribution in [0.4, 0.5) is 0 Å². The van der Waals surface area contributed by atoms with E-state index in [1.807, 2.05) is 0 Å². The van der Waals surface area contributed by atoms with E-state index in [2.05, 4.69) is 20.7 Å². The molecule has 1 aromatic carbocycles. The quantitative estimate of drug-likeness (QED) is 0.343. The van der Waals surface area contributed by atoms with Crippen LogP contribution >= 0.6 is 15.9 Å². The molecule has 0 saturated carbocycles. The lowest BCUT2D eigenvalue weighted by Gasteiger charge is -2.17. The average molecular weight is 283 g/mol. The largest absolute Gasteiger partial charge is 0.489 e. The molecule has 0 aromatic heterocycles. The number of cyclic esters (lactones) is 2. The molecule has 0 fully saturated rings. The Morgan fingerprint density at radius 1 is 1.19 bits per heavy atom. The molecule has 0 bridgehead atoms. The van der Waals surface area contributed by atoms with Gasteiger partial charge in [-0.15, -0.1) is 0 Å². The van der Waals surface area contributed by atoms with Crippen LogP contribution in [0.2, 0.25) is 0 Å². The third-order valence-electron chi connectivity index (χ3n) is 2.18. The molecule has 0 spiro atoms. The normalized spacial score (nSPS) is 17.6. The van der Waals surface area contributed by atoms with Crippen LogP contribution in [-0.4, -0.2) is 19.0 Å². The minimum Gasteiger partial charge on any atom is -0.489 e. The fourth-order valence-electron chi connectivity index (χ4n) is 1.47. The molecule has 0 aliphatic carbocycles. The highest BCUT2D eigenvalue weighted by atomic mass is 79.9. The van der Waals surface area contributed by atoms with Gasteiger partial charge in [-0.3, -0.25) is 0 Å². The molecule has 1 aliphatic heterocycles. The Hall–Kier alpha value is -1.62. The molecule has 4 nitrogen and oxygen atoms in total. The van der Waals surface area contributed by atoms with Gasteiger partial charge in [-0.1, -0.05) is 18.2 Å². The van der Waals surface area contributed by atoms with Crippen LogP contribution in [0, 0.1) is 0 Å². The number of fused-ring (bicyclic) bond motifs is 1. The lowest BCUT2D eigenvalue weighted by molar-refractivity contribution is -0.131. The summed E-state index contributed by atoms with van der Waals surface area (Å²) >= 11 is 3.11. The topological polar surface area (TPSA) is 52.6 Å². The minimum absolute atomic E-state index is 0.220. The molecule has 82 valence electrons. The predicted octanol–water partition coefficient (Wildman–Crippen LogP) is 2.09. The summed E-state index contributed by atoms with van der Waals surface area (Å²) in [5.41, 5.74) is 1.08. The first kappa shape index (κ1) is 10.9. The summed E-state index contributed by atoms with van der Waals surface area (Å²) in [6, 6.07) is 6.71. The summed E-state index contributed by atoms with van der Waals surface area (Å²) < 4.78 is 9.79. The zero-order valence-electron chi connectivity index (χ0n) is 8.32. The monoisotopic (exact) mass is 282 g/mol. The first-order chi connectivity index (χ1) is 7.65. The van der Waals surface area contributed by atoms with Crippen LogP contribution in [0.1, 0.15) is 15.9 Å². The van der Waals surface area contributed by atoms with E-state index in [0.717, 1.165) is 0 Å². The first-order valence-corrected chi connectivity index (χ1v) is 5.24. The summed E-state index contributed by atoms with van der Waals surface area (Å²) in [4.78, 5) is 23.0. The maximum absolute atomic E-state index is 11.6. The minimum atomic E-state index is -0.711. The molecule has 0 saturated heterocycles. The number of ether oxygens (including phenoxy) is 2. The summed E-state index contributed by atoms with van der Waals surface area (Å²) in [6.45, 7) is 0. The highest BCUT2D eigenvalue weighted by molar-refractivity contribution is 9.11. The number of halogens is 1. The predicted molar refractivity (Wildman–Crippen MR) is 59.7 cm³/mol. The number of carbonyl (C=O) groups is 2. The van der Waals surface area contributed by atoms with E-state index >= 15 is 0 Å². The molecule has 5 heteroatoms. The maximum Gasteiger partial charge on any atom is 0.351 e. The van der Waals surface area contributed by atoms with E-state index in [1.54, 1.807) is 24.3 Å². The second-order valence-corrected chi connectivity index (χ2v) is 3.80. The molecule has 0 unspecified atom stereocenters. The molecular weight excluding hydrogens is 276 g/mol. The van der Waals surface area contributed by atoms with Crippen LogP contribution in [0.15, 0.2) is 28.9 Å². The van der Waals surface area contributed by atoms with E-state index in [0.29, 0.717) is 11.1 Å². The SMILES string of the molecule is CO/C(Br)=C1/C(=O)OC(=O)c2ccccc21. The van der Waals surface area contributed by atoms with Gasteiger partial charge in [0.1, 0.15) is 5.57 Å². The number of esters is 2. The van der Waals surface area contributed by atoms with Crippen molar-refractivity contribution in [2.75, 3.05) is 7.11 Å². The molecule has 1 aliphatic rings. The number of hydrogen-bond acceptors (Lipinski definition) is 4. The molecule has 16 heavy (non-hydrogen) atoms. The van der Waals surface area contributed by atoms with Crippen molar-refractivity contribution in [1.82, 2.24) is 0 Å². The third-order valence-corrected chi connectivity index (χ3v) is 2.90. The molecule has 2 rings (SSSR count). The lowest BCUT2D eigenvalue weighted by Crippen LogP contribution is -2.22. The molecule has 0 atom stereocenters. The zero-order chi connectivity index (χ0) is 11.7. The fourth-order valence-corrected chi connectivity index (χ4v) is 1.84. The van der Waals surface area contributed by atoms with Crippen molar-refractivity contribution < 1.29 is 19.1 Å². The number of hydrogen-bond donors (Lipinski definition) is 0. The smallest absolute Gasteiger partial charge is 0.351 e. The van der Waals surface area contributed by atoms with Crippen LogP contribution in [0.3, 0.4) is 0 Å². The van der Waals surface area contributed by atoms with Gasteiger partial charge in [0.2, 0.25) is 0 Å². The van der Waals surface area contributed by atoms with Crippen molar-refractivity contribution in [1.29, 1.82) is 0 Å². The van der Waals surface area contributed by atoms with Crippen molar-refractivity contribution >= 4 is 33.4 Å². The Balaban J connectivity index is 2.70. The molecule has 0 amide bonds. The van der Waals surface area contributed by atoms with Crippen molar-refractivity contribution in [2.24, 2.45) is 0 Å². The van der Waals surface area contributed by atoms with Crippen molar-refractivity contribution in [3.05, 3.63) is 40.1 Å². The van der Waals surface area contributed by atoms with Crippen LogP contribution in [0.25, 0.3) is 5.57 Å². The lowest BCUT2D eigenvalue weighted by atomic mass is 9.98. The summed E-state index contributed by atoms with van der Waals surface area (Å²) in [5.74, 6) is -1.35. The van der Waals surface area contributed by atoms with Crippen molar-refractivity contribution in [3.8, 4) is 0 Å². The molecule has 0 N–H and O–H groups in total. The summed E-state index contributed by atoms with van der Waals surface area (Å²) in [5, 5.41) is 0. The van der Waals surface area contributed by atoms with Gasteiger partial charge in [0.25, 0.3) is 0 Å². The number of methoxy groups -OCH3 is 1. The van der Waals surface area contributed by atoms with Gasteiger partial charge in [0.05, 0.1) is 12.7 Å². The maximum atomic E-state index is 11.6. The van der Waals surface area contributed by atoms with E-state index < -0.39 is 11.9 Å². The van der Waals surface area contributed by atoms with Crippen LogP contribution in [0.5, 0.6) is 0 Å². The molecular formula is C11H7BrO4. The van der Waals surface area contributed by atoms with E-state index in [-0.39, 0.29) is 10.2 Å². The van der Waals surface area contributed by atoms with Crippen molar-refractivity contribution in [2.45, 2.75) is 0 Å². The second-order valence-electron chi connectivity index (χ2n) is 3.08. The van der Waals surface area contributed by atoms with Gasteiger partial charge in [-0.25, -0.2) is 9.59 Å². The van der Waals surface area contributed by atoms with E-state index in [4.69, 9.17) is 4.74 Å². The van der Waals surface area contributed by atoms with Gasteiger partial charge in [0, 0.05) is 5.56 Å². The average Bonchev–Trinajstić information content (AvgIpc) is 2.28. The first-order valence-electron chi connectivity index (χ1n) is 4.45. The molecule has 1 aromatic rings. The zero-order valence-corrected chi connectivity index (χ0v) is 9.91.